The van der Waals surface area contributed by atoms with Crippen LogP contribution in [0.1, 0.15) is 13.8 Å². The van der Waals surface area contributed by atoms with Crippen LogP contribution in [0.4, 0.5) is 0 Å². The van der Waals surface area contributed by atoms with Gasteiger partial charge in [-0.3, -0.25) is 0 Å². The Morgan fingerprint density at radius 1 is 1.43 bits per heavy atom. The van der Waals surface area contributed by atoms with Crippen molar-refractivity contribution in [3.63, 3.8) is 0 Å². The highest BCUT2D eigenvalue weighted by Crippen LogP contribution is 2.32. The predicted octanol–water partition coefficient (Wildman–Crippen LogP) is 1.84. The predicted molar refractivity (Wildman–Crippen MR) is 59.7 cm³/mol. The van der Waals surface area contributed by atoms with Gasteiger partial charge < -0.3 is 5.73 Å². The first-order valence-electron chi connectivity index (χ1n) is 4.59. The van der Waals surface area contributed by atoms with Crippen molar-refractivity contribution in [3.8, 4) is 0 Å². The van der Waals surface area contributed by atoms with Crippen LogP contribution in [0.3, 0.4) is 0 Å². The standard InChI is InChI=1S/C10H12ClN3/c1-5(2)6-3-4-7-8(6)13-10(12)14-9(7)11/h3-5,8H,1-2H3,(H2,12,13). The minimum Gasteiger partial charge on any atom is -0.368 e. The molecule has 74 valence electrons. The number of fused-ring (bicyclic) bond motifs is 1. The number of allylic oxidation sites excluding steroid dienone is 2. The Hall–Kier alpha value is -1.09. The van der Waals surface area contributed by atoms with Crippen molar-refractivity contribution in [2.45, 2.75) is 19.9 Å². The van der Waals surface area contributed by atoms with Gasteiger partial charge in [0, 0.05) is 5.57 Å². The molecule has 0 aromatic heterocycles. The zero-order valence-electron chi connectivity index (χ0n) is 8.16. The molecule has 14 heavy (non-hydrogen) atoms. The highest BCUT2D eigenvalue weighted by atomic mass is 35.5. The van der Waals surface area contributed by atoms with Gasteiger partial charge in [-0.05, 0) is 11.5 Å². The molecule has 0 saturated heterocycles. The van der Waals surface area contributed by atoms with E-state index in [9.17, 15) is 0 Å². The van der Waals surface area contributed by atoms with E-state index in [2.05, 4.69) is 29.9 Å². The topological polar surface area (TPSA) is 50.7 Å². The fraction of sp³-hybridized carbons (Fsp3) is 0.400. The molecule has 0 spiro atoms. The SMILES string of the molecule is CC(C)C1=CC=C2C(Cl)=NC(N)=NC21. The number of aliphatic imine (C=N–C) groups is 2. The van der Waals surface area contributed by atoms with Gasteiger partial charge in [0.15, 0.2) is 0 Å². The molecule has 2 rings (SSSR count). The van der Waals surface area contributed by atoms with Crippen LogP contribution in [0.2, 0.25) is 0 Å². The second-order valence-corrected chi connectivity index (χ2v) is 4.09. The summed E-state index contributed by atoms with van der Waals surface area (Å²) in [7, 11) is 0. The van der Waals surface area contributed by atoms with E-state index in [0.717, 1.165) is 5.57 Å². The number of guanidine groups is 1. The highest BCUT2D eigenvalue weighted by molar-refractivity contribution is 6.70. The first-order chi connectivity index (χ1) is 6.59. The minimum absolute atomic E-state index is 0.000000000000000222. The second kappa shape index (κ2) is 3.24. The molecule has 1 aliphatic heterocycles. The third-order valence-electron chi connectivity index (χ3n) is 2.44. The van der Waals surface area contributed by atoms with Crippen LogP contribution in [-0.4, -0.2) is 17.2 Å². The largest absolute Gasteiger partial charge is 0.368 e. The number of nitrogens with zero attached hydrogens (tertiary/aromatic N) is 2. The van der Waals surface area contributed by atoms with E-state index in [1.54, 1.807) is 0 Å². The molecule has 0 saturated carbocycles. The normalized spacial score (nSPS) is 25.3. The molecule has 3 nitrogen and oxygen atoms in total. The maximum atomic E-state index is 5.97. The first kappa shape index (κ1) is 9.46. The Morgan fingerprint density at radius 3 is 2.79 bits per heavy atom. The molecule has 0 amide bonds. The Labute approximate surface area is 88.1 Å². The zero-order chi connectivity index (χ0) is 10.3. The lowest BCUT2D eigenvalue weighted by Crippen LogP contribution is -2.26. The Balaban J connectivity index is 2.36. The number of rotatable bonds is 1. The molecular formula is C10H12ClN3. The van der Waals surface area contributed by atoms with Gasteiger partial charge in [0.25, 0.3) is 0 Å². The molecule has 2 N–H and O–H groups in total. The van der Waals surface area contributed by atoms with Gasteiger partial charge in [0.1, 0.15) is 11.2 Å². The molecule has 1 atom stereocenters. The average molecular weight is 210 g/mol. The number of halogens is 1. The van der Waals surface area contributed by atoms with Gasteiger partial charge in [-0.25, -0.2) is 9.98 Å². The quantitative estimate of drug-likeness (QED) is 0.704. The van der Waals surface area contributed by atoms with Crippen molar-refractivity contribution in [2.75, 3.05) is 0 Å². The average Bonchev–Trinajstić information content (AvgIpc) is 2.47. The summed E-state index contributed by atoms with van der Waals surface area (Å²) in [6.07, 6.45) is 4.03. The molecule has 0 fully saturated rings. The third kappa shape index (κ3) is 1.38. The van der Waals surface area contributed by atoms with Gasteiger partial charge in [-0.2, -0.15) is 0 Å². The molecule has 0 aromatic rings. The summed E-state index contributed by atoms with van der Waals surface area (Å²) in [5, 5.41) is 0.467. The molecule has 2 aliphatic rings. The van der Waals surface area contributed by atoms with Crippen molar-refractivity contribution in [2.24, 2.45) is 21.6 Å². The third-order valence-corrected chi connectivity index (χ3v) is 2.75. The van der Waals surface area contributed by atoms with Crippen molar-refractivity contribution in [3.05, 3.63) is 23.3 Å². The fourth-order valence-corrected chi connectivity index (χ4v) is 1.96. The van der Waals surface area contributed by atoms with E-state index in [1.165, 1.54) is 5.57 Å². The number of hydrogen-bond acceptors (Lipinski definition) is 3. The van der Waals surface area contributed by atoms with Crippen LogP contribution < -0.4 is 5.73 Å². The summed E-state index contributed by atoms with van der Waals surface area (Å²) in [6.45, 7) is 4.27. The lowest BCUT2D eigenvalue weighted by atomic mass is 9.95. The van der Waals surface area contributed by atoms with E-state index in [-0.39, 0.29) is 12.0 Å². The van der Waals surface area contributed by atoms with Crippen molar-refractivity contribution >= 4 is 22.7 Å². The van der Waals surface area contributed by atoms with Gasteiger partial charge in [0.2, 0.25) is 5.96 Å². The van der Waals surface area contributed by atoms with Crippen LogP contribution >= 0.6 is 11.6 Å². The summed E-state index contributed by atoms with van der Waals surface area (Å²) in [5.41, 5.74) is 7.78. The molecule has 4 heteroatoms. The summed E-state index contributed by atoms with van der Waals surface area (Å²) >= 11 is 5.97. The highest BCUT2D eigenvalue weighted by Gasteiger charge is 2.29. The number of hydrogen-bond donors (Lipinski definition) is 1. The van der Waals surface area contributed by atoms with Crippen LogP contribution in [0, 0.1) is 5.92 Å². The summed E-state index contributed by atoms with van der Waals surface area (Å²) < 4.78 is 0. The Bertz CT molecular complexity index is 388. The number of nitrogens with two attached hydrogens (primary N) is 1. The smallest absolute Gasteiger partial charge is 0.217 e. The van der Waals surface area contributed by atoms with Crippen molar-refractivity contribution in [1.29, 1.82) is 0 Å². The van der Waals surface area contributed by atoms with Gasteiger partial charge >= 0.3 is 0 Å². The monoisotopic (exact) mass is 209 g/mol. The Morgan fingerprint density at radius 2 is 2.14 bits per heavy atom. The van der Waals surface area contributed by atoms with E-state index < -0.39 is 0 Å². The van der Waals surface area contributed by atoms with Crippen LogP contribution in [-0.2, 0) is 0 Å². The maximum Gasteiger partial charge on any atom is 0.217 e. The van der Waals surface area contributed by atoms with Crippen LogP contribution in [0.5, 0.6) is 0 Å². The fourth-order valence-electron chi connectivity index (χ4n) is 1.71. The second-order valence-electron chi connectivity index (χ2n) is 3.74. The Kier molecular flexibility index (Phi) is 2.19. The molecule has 1 aliphatic carbocycles. The summed E-state index contributed by atoms with van der Waals surface area (Å²) in [6, 6.07) is -0.000000000000000222. The summed E-state index contributed by atoms with van der Waals surface area (Å²) in [5.74, 6) is 0.721. The van der Waals surface area contributed by atoms with Gasteiger partial charge in [-0.1, -0.05) is 37.6 Å². The van der Waals surface area contributed by atoms with E-state index in [1.807, 2.05) is 6.08 Å². The van der Waals surface area contributed by atoms with E-state index in [4.69, 9.17) is 17.3 Å². The van der Waals surface area contributed by atoms with Crippen LogP contribution in [0.15, 0.2) is 33.3 Å². The maximum absolute atomic E-state index is 5.97. The zero-order valence-corrected chi connectivity index (χ0v) is 8.92. The van der Waals surface area contributed by atoms with Crippen molar-refractivity contribution < 1.29 is 0 Å². The lowest BCUT2D eigenvalue weighted by molar-refractivity contribution is 0.704. The van der Waals surface area contributed by atoms with E-state index in [0.29, 0.717) is 11.1 Å². The molecule has 0 bridgehead atoms. The van der Waals surface area contributed by atoms with Crippen molar-refractivity contribution in [1.82, 2.24) is 0 Å². The molecule has 1 heterocycles. The molecule has 1 unspecified atom stereocenters. The molecule has 0 radical (unpaired) electrons. The van der Waals surface area contributed by atoms with Crippen LogP contribution in [0.25, 0.3) is 0 Å². The van der Waals surface area contributed by atoms with Gasteiger partial charge in [-0.15, -0.1) is 0 Å². The lowest BCUT2D eigenvalue weighted by Gasteiger charge is -2.20. The molecular weight excluding hydrogens is 198 g/mol. The van der Waals surface area contributed by atoms with E-state index >= 15 is 0 Å². The van der Waals surface area contributed by atoms with Gasteiger partial charge in [0.05, 0.1) is 0 Å². The minimum atomic E-state index is -0.000000000000000222. The molecule has 0 aromatic carbocycles. The first-order valence-corrected chi connectivity index (χ1v) is 4.97. The summed E-state index contributed by atoms with van der Waals surface area (Å²) in [4.78, 5) is 8.21.